The number of phenols is 4. The predicted octanol–water partition coefficient (Wildman–Crippen LogP) is 3.50. The highest BCUT2D eigenvalue weighted by Crippen LogP contribution is 2.57. The maximum Gasteiger partial charge on any atom is 0.123 e. The molecular weight excluding hydrogens is 280 g/mol. The summed E-state index contributed by atoms with van der Waals surface area (Å²) in [4.78, 5) is 0. The Hall–Kier alpha value is -2.36. The van der Waals surface area contributed by atoms with Crippen molar-refractivity contribution in [1.29, 1.82) is 0 Å². The first-order valence-electron chi connectivity index (χ1n) is 7.24. The predicted molar refractivity (Wildman–Crippen MR) is 83.6 cm³/mol. The number of rotatable bonds is 1. The zero-order valence-corrected chi connectivity index (χ0v) is 12.9. The van der Waals surface area contributed by atoms with Crippen LogP contribution in [0.2, 0.25) is 0 Å². The van der Waals surface area contributed by atoms with Gasteiger partial charge < -0.3 is 20.4 Å². The van der Waals surface area contributed by atoms with Crippen LogP contribution in [0.25, 0.3) is 0 Å². The van der Waals surface area contributed by atoms with Gasteiger partial charge in [-0.05, 0) is 29.5 Å². The van der Waals surface area contributed by atoms with E-state index in [1.54, 1.807) is 12.1 Å². The molecule has 0 saturated carbocycles. The topological polar surface area (TPSA) is 80.9 Å². The standard InChI is InChI=1S/C18H20O4/c1-17(2)9-18(3,12-5-4-10(19)7-14(12)21)13-6-11(20)8-15(22)16(13)17/h4-8,19-22H,9H2,1-3H3. The fraction of sp³-hybridized carbons (Fsp3) is 0.333. The Labute approximate surface area is 129 Å². The smallest absolute Gasteiger partial charge is 0.123 e. The van der Waals surface area contributed by atoms with Gasteiger partial charge in [-0.2, -0.15) is 0 Å². The summed E-state index contributed by atoms with van der Waals surface area (Å²) in [5, 5.41) is 39.9. The van der Waals surface area contributed by atoms with Crippen molar-refractivity contribution in [3.8, 4) is 23.0 Å². The van der Waals surface area contributed by atoms with Crippen LogP contribution in [0.1, 0.15) is 43.9 Å². The van der Waals surface area contributed by atoms with Crippen molar-refractivity contribution < 1.29 is 20.4 Å². The summed E-state index contributed by atoms with van der Waals surface area (Å²) in [6.07, 6.45) is 0.671. The van der Waals surface area contributed by atoms with E-state index in [9.17, 15) is 20.4 Å². The number of aromatic hydroxyl groups is 4. The molecule has 4 nitrogen and oxygen atoms in total. The molecular formula is C18H20O4. The lowest BCUT2D eigenvalue weighted by Gasteiger charge is -2.29. The van der Waals surface area contributed by atoms with Crippen molar-refractivity contribution in [3.63, 3.8) is 0 Å². The van der Waals surface area contributed by atoms with Gasteiger partial charge in [0.25, 0.3) is 0 Å². The lowest BCUT2D eigenvalue weighted by molar-refractivity contribution is 0.390. The van der Waals surface area contributed by atoms with Gasteiger partial charge in [-0.25, -0.2) is 0 Å². The number of fused-ring (bicyclic) bond motifs is 1. The summed E-state index contributed by atoms with van der Waals surface area (Å²) in [7, 11) is 0. The lowest BCUT2D eigenvalue weighted by Crippen LogP contribution is -2.23. The van der Waals surface area contributed by atoms with E-state index >= 15 is 0 Å². The highest BCUT2D eigenvalue weighted by atomic mass is 16.3. The quantitative estimate of drug-likeness (QED) is 0.650. The Morgan fingerprint density at radius 3 is 2.05 bits per heavy atom. The van der Waals surface area contributed by atoms with Crippen molar-refractivity contribution in [3.05, 3.63) is 47.0 Å². The summed E-state index contributed by atoms with van der Waals surface area (Å²) in [5.74, 6) is 0.0792. The molecule has 4 heteroatoms. The Bertz CT molecular complexity index is 764. The summed E-state index contributed by atoms with van der Waals surface area (Å²) in [6, 6.07) is 7.54. The van der Waals surface area contributed by atoms with Gasteiger partial charge in [0.15, 0.2) is 0 Å². The van der Waals surface area contributed by atoms with Crippen LogP contribution in [0, 0.1) is 0 Å². The van der Waals surface area contributed by atoms with Gasteiger partial charge in [0.1, 0.15) is 23.0 Å². The maximum atomic E-state index is 10.3. The third-order valence-electron chi connectivity index (χ3n) is 4.74. The van der Waals surface area contributed by atoms with Crippen molar-refractivity contribution in [2.45, 2.75) is 38.0 Å². The molecule has 22 heavy (non-hydrogen) atoms. The molecule has 1 aliphatic rings. The second-order valence-corrected chi connectivity index (χ2v) is 6.98. The number of phenolic OH excluding ortho intramolecular Hbond substituents is 4. The number of hydrogen-bond donors (Lipinski definition) is 4. The fourth-order valence-electron chi connectivity index (χ4n) is 4.05. The average Bonchev–Trinajstić information content (AvgIpc) is 2.56. The Balaban J connectivity index is 2.31. The molecule has 1 unspecified atom stereocenters. The minimum Gasteiger partial charge on any atom is -0.508 e. The molecule has 0 amide bonds. The van der Waals surface area contributed by atoms with Crippen LogP contribution in [0.5, 0.6) is 23.0 Å². The molecule has 0 saturated heterocycles. The van der Waals surface area contributed by atoms with Gasteiger partial charge in [-0.15, -0.1) is 0 Å². The summed E-state index contributed by atoms with van der Waals surface area (Å²) in [6.45, 7) is 6.04. The van der Waals surface area contributed by atoms with Crippen LogP contribution >= 0.6 is 0 Å². The molecule has 0 aliphatic heterocycles. The van der Waals surface area contributed by atoms with E-state index in [-0.39, 0.29) is 28.4 Å². The molecule has 0 bridgehead atoms. The van der Waals surface area contributed by atoms with E-state index in [2.05, 4.69) is 0 Å². The van der Waals surface area contributed by atoms with Gasteiger partial charge in [-0.1, -0.05) is 26.8 Å². The summed E-state index contributed by atoms with van der Waals surface area (Å²) in [5.41, 5.74) is 1.40. The molecule has 0 spiro atoms. The Morgan fingerprint density at radius 2 is 1.41 bits per heavy atom. The van der Waals surface area contributed by atoms with Crippen LogP contribution in [0.3, 0.4) is 0 Å². The zero-order valence-electron chi connectivity index (χ0n) is 12.9. The molecule has 2 aromatic rings. The van der Waals surface area contributed by atoms with Crippen molar-refractivity contribution in [2.75, 3.05) is 0 Å². The molecule has 1 aliphatic carbocycles. The van der Waals surface area contributed by atoms with Crippen molar-refractivity contribution >= 4 is 0 Å². The average molecular weight is 300 g/mol. The van der Waals surface area contributed by atoms with Crippen LogP contribution in [-0.2, 0) is 10.8 Å². The zero-order chi connectivity index (χ0) is 16.3. The minimum absolute atomic E-state index is 0.00101. The second-order valence-electron chi connectivity index (χ2n) is 6.98. The van der Waals surface area contributed by atoms with Gasteiger partial charge in [-0.3, -0.25) is 0 Å². The number of benzene rings is 2. The molecule has 3 rings (SSSR count). The molecule has 116 valence electrons. The van der Waals surface area contributed by atoms with Crippen molar-refractivity contribution in [2.24, 2.45) is 0 Å². The minimum atomic E-state index is -0.563. The van der Waals surface area contributed by atoms with E-state index in [0.717, 1.165) is 11.1 Å². The highest BCUT2D eigenvalue weighted by molar-refractivity contribution is 5.61. The first-order valence-corrected chi connectivity index (χ1v) is 7.24. The molecule has 0 fully saturated rings. The van der Waals surface area contributed by atoms with Gasteiger partial charge in [0, 0.05) is 28.7 Å². The van der Waals surface area contributed by atoms with Gasteiger partial charge in [0.2, 0.25) is 0 Å². The molecule has 0 heterocycles. The Kier molecular flexibility index (Phi) is 2.86. The van der Waals surface area contributed by atoms with Gasteiger partial charge in [0.05, 0.1) is 0 Å². The summed E-state index contributed by atoms with van der Waals surface area (Å²) >= 11 is 0. The number of hydrogen-bond acceptors (Lipinski definition) is 4. The molecule has 1 atom stereocenters. The molecule has 2 aromatic carbocycles. The Morgan fingerprint density at radius 1 is 0.773 bits per heavy atom. The SMILES string of the molecule is CC1(C)CC(C)(c2ccc(O)cc2O)c2cc(O)cc(O)c21. The monoisotopic (exact) mass is 300 g/mol. The third-order valence-corrected chi connectivity index (χ3v) is 4.74. The largest absolute Gasteiger partial charge is 0.508 e. The lowest BCUT2D eigenvalue weighted by atomic mass is 9.74. The third kappa shape index (κ3) is 1.90. The molecule has 4 N–H and O–H groups in total. The van der Waals surface area contributed by atoms with E-state index in [4.69, 9.17) is 0 Å². The van der Waals surface area contributed by atoms with Crippen LogP contribution in [-0.4, -0.2) is 20.4 Å². The fourth-order valence-corrected chi connectivity index (χ4v) is 4.05. The molecule has 0 radical (unpaired) electrons. The first-order chi connectivity index (χ1) is 10.1. The van der Waals surface area contributed by atoms with Gasteiger partial charge >= 0.3 is 0 Å². The first kappa shape index (κ1) is 14.6. The van der Waals surface area contributed by atoms with E-state index in [0.29, 0.717) is 12.0 Å². The normalized spacial score (nSPS) is 22.5. The van der Waals surface area contributed by atoms with Crippen LogP contribution in [0.4, 0.5) is 0 Å². The highest BCUT2D eigenvalue weighted by Gasteiger charge is 2.48. The maximum absolute atomic E-state index is 10.3. The second kappa shape index (κ2) is 4.32. The van der Waals surface area contributed by atoms with E-state index in [1.807, 2.05) is 20.8 Å². The van der Waals surface area contributed by atoms with E-state index in [1.165, 1.54) is 18.2 Å². The van der Waals surface area contributed by atoms with Crippen LogP contribution < -0.4 is 0 Å². The van der Waals surface area contributed by atoms with E-state index < -0.39 is 5.41 Å². The van der Waals surface area contributed by atoms with Crippen molar-refractivity contribution in [1.82, 2.24) is 0 Å². The summed E-state index contributed by atoms with van der Waals surface area (Å²) < 4.78 is 0. The van der Waals surface area contributed by atoms with Crippen LogP contribution in [0.15, 0.2) is 30.3 Å². The molecule has 0 aromatic heterocycles.